The number of thioether (sulfide) groups is 1. The van der Waals surface area contributed by atoms with Crippen molar-refractivity contribution in [1.82, 2.24) is 9.47 Å². The molecule has 0 bridgehead atoms. The maximum atomic E-state index is 11.6. The molecule has 0 amide bonds. The van der Waals surface area contributed by atoms with E-state index in [0.717, 1.165) is 19.5 Å². The minimum Gasteiger partial charge on any atom is -0.398 e. The smallest absolute Gasteiger partial charge is 0.250 e. The summed E-state index contributed by atoms with van der Waals surface area (Å²) in [6, 6.07) is 3.20. The zero-order valence-electron chi connectivity index (χ0n) is 10.7. The maximum absolute atomic E-state index is 11.6. The molecule has 2 rings (SSSR count). The van der Waals surface area contributed by atoms with Crippen molar-refractivity contribution in [2.75, 3.05) is 36.9 Å². The Labute approximate surface area is 112 Å². The van der Waals surface area contributed by atoms with Crippen molar-refractivity contribution in [3.05, 3.63) is 28.7 Å². The van der Waals surface area contributed by atoms with Crippen molar-refractivity contribution in [3.63, 3.8) is 0 Å². The van der Waals surface area contributed by atoms with Gasteiger partial charge < -0.3 is 15.2 Å². The first-order chi connectivity index (χ1) is 8.75. The Hall–Kier alpha value is -0.940. The van der Waals surface area contributed by atoms with Crippen molar-refractivity contribution >= 4 is 17.4 Å². The highest BCUT2D eigenvalue weighted by Gasteiger charge is 2.08. The lowest BCUT2D eigenvalue weighted by Crippen LogP contribution is -2.29. The first kappa shape index (κ1) is 13.5. The summed E-state index contributed by atoms with van der Waals surface area (Å²) < 4.78 is 1.71. The lowest BCUT2D eigenvalue weighted by atomic mass is 10.3. The molecule has 0 aromatic carbocycles. The molecule has 100 valence electrons. The van der Waals surface area contributed by atoms with Gasteiger partial charge in [0.2, 0.25) is 0 Å². The van der Waals surface area contributed by atoms with Gasteiger partial charge in [0.05, 0.1) is 0 Å². The summed E-state index contributed by atoms with van der Waals surface area (Å²) in [6.45, 7) is 4.20. The molecule has 5 heteroatoms. The van der Waals surface area contributed by atoms with E-state index in [9.17, 15) is 4.79 Å². The monoisotopic (exact) mass is 267 g/mol. The van der Waals surface area contributed by atoms with Gasteiger partial charge in [0.1, 0.15) is 0 Å². The van der Waals surface area contributed by atoms with Crippen molar-refractivity contribution in [3.8, 4) is 0 Å². The van der Waals surface area contributed by atoms with Gasteiger partial charge in [-0.05, 0) is 37.8 Å². The van der Waals surface area contributed by atoms with Crippen molar-refractivity contribution in [1.29, 1.82) is 0 Å². The van der Waals surface area contributed by atoms with Gasteiger partial charge in [-0.15, -0.1) is 0 Å². The van der Waals surface area contributed by atoms with Crippen LogP contribution in [-0.4, -0.2) is 40.6 Å². The molecule has 1 aromatic heterocycles. The van der Waals surface area contributed by atoms with Crippen molar-refractivity contribution < 1.29 is 0 Å². The molecule has 2 heterocycles. The Bertz CT molecular complexity index is 424. The molecule has 0 radical (unpaired) electrons. The predicted molar refractivity (Wildman–Crippen MR) is 78.1 cm³/mol. The molecular weight excluding hydrogens is 246 g/mol. The minimum absolute atomic E-state index is 0.0376. The van der Waals surface area contributed by atoms with E-state index in [0.29, 0.717) is 5.69 Å². The molecule has 0 saturated carbocycles. The fraction of sp³-hybridized carbons (Fsp3) is 0.615. The number of nitrogens with zero attached hydrogens (tertiary/aromatic N) is 2. The molecule has 0 atom stereocenters. The molecule has 2 N–H and O–H groups in total. The predicted octanol–water partition coefficient (Wildman–Crippen LogP) is 1.26. The van der Waals surface area contributed by atoms with E-state index in [1.807, 2.05) is 11.8 Å². The van der Waals surface area contributed by atoms with E-state index in [-0.39, 0.29) is 5.56 Å². The van der Waals surface area contributed by atoms with E-state index in [1.54, 1.807) is 16.8 Å². The normalized spacial score (nSPS) is 17.6. The Balaban J connectivity index is 1.80. The van der Waals surface area contributed by atoms with Crippen LogP contribution in [0.5, 0.6) is 0 Å². The van der Waals surface area contributed by atoms with E-state index >= 15 is 0 Å². The summed E-state index contributed by atoms with van der Waals surface area (Å²) >= 11 is 2.04. The summed E-state index contributed by atoms with van der Waals surface area (Å²) in [6.07, 6.45) is 4.03. The third kappa shape index (κ3) is 4.07. The molecule has 1 saturated heterocycles. The molecule has 1 fully saturated rings. The van der Waals surface area contributed by atoms with E-state index in [4.69, 9.17) is 5.73 Å². The molecule has 1 aromatic rings. The van der Waals surface area contributed by atoms with Crippen LogP contribution in [0.1, 0.15) is 12.8 Å². The molecular formula is C13H21N3OS. The second kappa shape index (κ2) is 6.85. The summed E-state index contributed by atoms with van der Waals surface area (Å²) in [5.74, 6) is 2.52. The Morgan fingerprint density at radius 1 is 1.22 bits per heavy atom. The second-order valence-corrected chi connectivity index (χ2v) is 5.88. The van der Waals surface area contributed by atoms with Crippen LogP contribution < -0.4 is 11.3 Å². The number of hydrogen-bond acceptors (Lipinski definition) is 4. The summed E-state index contributed by atoms with van der Waals surface area (Å²) in [4.78, 5) is 14.1. The minimum atomic E-state index is 0.0376. The van der Waals surface area contributed by atoms with Crippen LogP contribution in [0.4, 0.5) is 5.69 Å². The zero-order valence-corrected chi connectivity index (χ0v) is 11.5. The van der Waals surface area contributed by atoms with E-state index in [1.165, 1.54) is 37.1 Å². The van der Waals surface area contributed by atoms with Gasteiger partial charge in [-0.1, -0.05) is 0 Å². The topological polar surface area (TPSA) is 51.3 Å². The Kier molecular flexibility index (Phi) is 5.13. The standard InChI is InChI=1S/C13H21N3OS/c14-12-3-4-13(17)16(11-12)7-1-5-15-6-2-9-18-10-8-15/h3-4,11H,1-2,5-10,14H2. The van der Waals surface area contributed by atoms with Crippen LogP contribution in [0.15, 0.2) is 23.1 Å². The highest BCUT2D eigenvalue weighted by atomic mass is 32.2. The number of rotatable bonds is 4. The average Bonchev–Trinajstić information content (AvgIpc) is 2.62. The highest BCUT2D eigenvalue weighted by molar-refractivity contribution is 7.99. The van der Waals surface area contributed by atoms with Gasteiger partial charge >= 0.3 is 0 Å². The highest BCUT2D eigenvalue weighted by Crippen LogP contribution is 2.10. The Morgan fingerprint density at radius 3 is 3.00 bits per heavy atom. The molecule has 0 unspecified atom stereocenters. The third-order valence-electron chi connectivity index (χ3n) is 3.19. The van der Waals surface area contributed by atoms with Crippen LogP contribution in [-0.2, 0) is 6.54 Å². The van der Waals surface area contributed by atoms with Gasteiger partial charge in [0.15, 0.2) is 0 Å². The molecule has 0 aliphatic carbocycles. The lowest BCUT2D eigenvalue weighted by molar-refractivity contribution is 0.285. The number of nitrogens with two attached hydrogens (primary N) is 1. The van der Waals surface area contributed by atoms with Crippen LogP contribution in [0.2, 0.25) is 0 Å². The molecule has 1 aliphatic rings. The number of hydrogen-bond donors (Lipinski definition) is 1. The van der Waals surface area contributed by atoms with Gasteiger partial charge in [0, 0.05) is 36.8 Å². The van der Waals surface area contributed by atoms with Gasteiger partial charge in [-0.25, -0.2) is 0 Å². The number of aryl methyl sites for hydroxylation is 1. The van der Waals surface area contributed by atoms with Crippen LogP contribution in [0, 0.1) is 0 Å². The van der Waals surface area contributed by atoms with Gasteiger partial charge in [-0.2, -0.15) is 11.8 Å². The van der Waals surface area contributed by atoms with Gasteiger partial charge in [0.25, 0.3) is 5.56 Å². The SMILES string of the molecule is Nc1ccc(=O)n(CCCN2CCCSCC2)c1. The van der Waals surface area contributed by atoms with Gasteiger partial charge in [-0.3, -0.25) is 4.79 Å². The van der Waals surface area contributed by atoms with E-state index in [2.05, 4.69) is 4.90 Å². The summed E-state index contributed by atoms with van der Waals surface area (Å²) in [7, 11) is 0. The molecule has 0 spiro atoms. The van der Waals surface area contributed by atoms with Crippen LogP contribution >= 0.6 is 11.8 Å². The van der Waals surface area contributed by atoms with Crippen molar-refractivity contribution in [2.45, 2.75) is 19.4 Å². The molecule has 4 nitrogen and oxygen atoms in total. The number of pyridine rings is 1. The summed E-state index contributed by atoms with van der Waals surface area (Å²) in [5.41, 5.74) is 6.38. The van der Waals surface area contributed by atoms with Crippen LogP contribution in [0.3, 0.4) is 0 Å². The molecule has 18 heavy (non-hydrogen) atoms. The quantitative estimate of drug-likeness (QED) is 0.892. The number of anilines is 1. The third-order valence-corrected chi connectivity index (χ3v) is 4.24. The first-order valence-corrected chi connectivity index (χ1v) is 7.67. The molecule has 1 aliphatic heterocycles. The number of aromatic nitrogens is 1. The summed E-state index contributed by atoms with van der Waals surface area (Å²) in [5, 5.41) is 0. The average molecular weight is 267 g/mol. The van der Waals surface area contributed by atoms with Crippen LogP contribution in [0.25, 0.3) is 0 Å². The fourth-order valence-electron chi connectivity index (χ4n) is 2.21. The zero-order chi connectivity index (χ0) is 12.8. The van der Waals surface area contributed by atoms with Crippen molar-refractivity contribution in [2.24, 2.45) is 0 Å². The lowest BCUT2D eigenvalue weighted by Gasteiger charge is -2.19. The van der Waals surface area contributed by atoms with E-state index < -0.39 is 0 Å². The Morgan fingerprint density at radius 2 is 2.11 bits per heavy atom. The first-order valence-electron chi connectivity index (χ1n) is 6.52. The second-order valence-electron chi connectivity index (χ2n) is 4.66. The fourth-order valence-corrected chi connectivity index (χ4v) is 3.14. The largest absolute Gasteiger partial charge is 0.398 e. The maximum Gasteiger partial charge on any atom is 0.250 e. The number of nitrogen functional groups attached to an aromatic ring is 1.